The van der Waals surface area contributed by atoms with Gasteiger partial charge in [0.2, 0.25) is 5.91 Å². The third kappa shape index (κ3) is 5.17. The van der Waals surface area contributed by atoms with Crippen molar-refractivity contribution in [3.63, 3.8) is 0 Å². The third-order valence-electron chi connectivity index (χ3n) is 4.50. The molecule has 0 radical (unpaired) electrons. The summed E-state index contributed by atoms with van der Waals surface area (Å²) in [5.41, 5.74) is -0.775. The topological polar surface area (TPSA) is 99.3 Å². The molecule has 168 valence electrons. The minimum atomic E-state index is -4.58. The highest BCUT2D eigenvalue weighted by molar-refractivity contribution is 6.31. The summed E-state index contributed by atoms with van der Waals surface area (Å²) in [4.78, 5) is 23.2. The molecular weight excluding hydrogens is 453 g/mol. The number of carbonyl (C=O) groups excluding carboxylic acids is 1. The molecular formula is C20H16ClF3N4O4. The molecule has 1 aromatic heterocycles. The predicted molar refractivity (Wildman–Crippen MR) is 110 cm³/mol. The van der Waals surface area contributed by atoms with Gasteiger partial charge in [-0.2, -0.15) is 18.3 Å². The fourth-order valence-corrected chi connectivity index (χ4v) is 2.97. The fourth-order valence-electron chi connectivity index (χ4n) is 2.84. The van der Waals surface area contributed by atoms with Crippen LogP contribution in [-0.2, 0) is 11.0 Å². The van der Waals surface area contributed by atoms with Gasteiger partial charge in [0.05, 0.1) is 39.2 Å². The third-order valence-corrected chi connectivity index (χ3v) is 4.87. The highest BCUT2D eigenvalue weighted by Gasteiger charge is 2.30. The first-order chi connectivity index (χ1) is 15.0. The molecule has 1 N–H and O–H groups in total. The Bertz CT molecular complexity index is 1180. The number of aromatic nitrogens is 2. The lowest BCUT2D eigenvalue weighted by Crippen LogP contribution is -2.25. The maximum absolute atomic E-state index is 12.9. The van der Waals surface area contributed by atoms with Crippen LogP contribution < -0.4 is 10.1 Å². The summed E-state index contributed by atoms with van der Waals surface area (Å²) in [5, 5.41) is 18.2. The van der Waals surface area contributed by atoms with E-state index in [1.54, 1.807) is 13.8 Å². The van der Waals surface area contributed by atoms with Gasteiger partial charge in [0.25, 0.3) is 5.69 Å². The smallest absolute Gasteiger partial charge is 0.416 e. The lowest BCUT2D eigenvalue weighted by atomic mass is 10.2. The van der Waals surface area contributed by atoms with Crippen molar-refractivity contribution in [3.8, 4) is 11.5 Å². The number of non-ortho nitro benzene ring substituents is 1. The lowest BCUT2D eigenvalue weighted by molar-refractivity contribution is -0.384. The molecule has 1 amide bonds. The van der Waals surface area contributed by atoms with Gasteiger partial charge >= 0.3 is 6.18 Å². The Morgan fingerprint density at radius 2 is 1.97 bits per heavy atom. The van der Waals surface area contributed by atoms with Gasteiger partial charge in [-0.25, -0.2) is 0 Å². The molecule has 1 atom stereocenters. The van der Waals surface area contributed by atoms with Crippen LogP contribution >= 0.6 is 11.6 Å². The van der Waals surface area contributed by atoms with Gasteiger partial charge in [0.1, 0.15) is 17.5 Å². The van der Waals surface area contributed by atoms with Crippen LogP contribution in [0.1, 0.15) is 24.2 Å². The van der Waals surface area contributed by atoms with Crippen LogP contribution in [0.25, 0.3) is 0 Å². The molecule has 1 heterocycles. The number of ether oxygens (including phenoxy) is 1. The van der Waals surface area contributed by atoms with E-state index in [2.05, 4.69) is 10.4 Å². The maximum Gasteiger partial charge on any atom is 0.416 e. The number of carbonyl (C=O) groups is 1. The summed E-state index contributed by atoms with van der Waals surface area (Å²) in [6.45, 7) is 3.23. The van der Waals surface area contributed by atoms with Crippen molar-refractivity contribution in [3.05, 3.63) is 75.1 Å². The number of benzene rings is 2. The van der Waals surface area contributed by atoms with E-state index in [0.717, 1.165) is 30.3 Å². The average Bonchev–Trinajstić information content (AvgIpc) is 3.05. The van der Waals surface area contributed by atoms with Crippen molar-refractivity contribution in [2.45, 2.75) is 26.1 Å². The molecule has 32 heavy (non-hydrogen) atoms. The van der Waals surface area contributed by atoms with Crippen molar-refractivity contribution in [1.29, 1.82) is 0 Å². The van der Waals surface area contributed by atoms with E-state index >= 15 is 0 Å². The normalized spacial score (nSPS) is 12.3. The predicted octanol–water partition coefficient (Wildman–Crippen LogP) is 5.76. The number of anilines is 1. The Balaban J connectivity index is 1.87. The number of nitrogens with zero attached hydrogens (tertiary/aromatic N) is 3. The molecule has 0 spiro atoms. The van der Waals surface area contributed by atoms with Crippen LogP contribution in [-0.4, -0.2) is 20.6 Å². The molecule has 0 aliphatic heterocycles. The van der Waals surface area contributed by atoms with Crippen molar-refractivity contribution >= 4 is 28.9 Å². The number of amides is 1. The molecule has 12 heteroatoms. The van der Waals surface area contributed by atoms with E-state index in [0.29, 0.717) is 10.7 Å². The first-order valence-corrected chi connectivity index (χ1v) is 9.48. The van der Waals surface area contributed by atoms with Crippen LogP contribution in [0.5, 0.6) is 11.5 Å². The van der Waals surface area contributed by atoms with Crippen LogP contribution in [0.4, 0.5) is 24.5 Å². The zero-order valence-electron chi connectivity index (χ0n) is 16.7. The quantitative estimate of drug-likeness (QED) is 0.366. The Kier molecular flexibility index (Phi) is 6.40. The largest absolute Gasteiger partial charge is 0.457 e. The van der Waals surface area contributed by atoms with Gasteiger partial charge in [0.15, 0.2) is 0 Å². The monoisotopic (exact) mass is 468 g/mol. The van der Waals surface area contributed by atoms with Gasteiger partial charge in [0, 0.05) is 12.1 Å². The van der Waals surface area contributed by atoms with Crippen LogP contribution in [0, 0.1) is 17.0 Å². The molecule has 3 aromatic rings. The standard InChI is InChI=1S/C20H16ClF3N4O4/c1-11-18(21)10-25-27(11)12(2)19(29)26-14-7-15(28(30)31)9-17(8-14)32-16-5-3-4-13(6-16)20(22,23)24/h3-10,12H,1-2H3,(H,26,29). The lowest BCUT2D eigenvalue weighted by Gasteiger charge is -2.15. The molecule has 0 aliphatic rings. The summed E-state index contributed by atoms with van der Waals surface area (Å²) in [5.74, 6) is -0.842. The highest BCUT2D eigenvalue weighted by Crippen LogP contribution is 2.34. The summed E-state index contributed by atoms with van der Waals surface area (Å²) >= 11 is 5.95. The van der Waals surface area contributed by atoms with E-state index in [-0.39, 0.29) is 17.2 Å². The molecule has 8 nitrogen and oxygen atoms in total. The summed E-state index contributed by atoms with van der Waals surface area (Å²) in [7, 11) is 0. The highest BCUT2D eigenvalue weighted by atomic mass is 35.5. The Morgan fingerprint density at radius 3 is 2.56 bits per heavy atom. The SMILES string of the molecule is Cc1c(Cl)cnn1C(C)C(=O)Nc1cc(Oc2cccc(C(F)(F)F)c2)cc([N+](=O)[O-])c1. The molecule has 2 aromatic carbocycles. The second-order valence-corrected chi connectivity index (χ2v) is 7.20. The Labute approximate surface area is 184 Å². The zero-order valence-corrected chi connectivity index (χ0v) is 17.4. The van der Waals surface area contributed by atoms with Gasteiger partial charge < -0.3 is 10.1 Å². The van der Waals surface area contributed by atoms with Crippen LogP contribution in [0.15, 0.2) is 48.7 Å². The van der Waals surface area contributed by atoms with E-state index in [4.69, 9.17) is 16.3 Å². The molecule has 0 aliphatic carbocycles. The molecule has 1 unspecified atom stereocenters. The number of nitrogens with one attached hydrogen (secondary N) is 1. The maximum atomic E-state index is 12.9. The molecule has 0 fully saturated rings. The zero-order chi connectivity index (χ0) is 23.6. The summed E-state index contributed by atoms with van der Waals surface area (Å²) < 4.78 is 45.6. The minimum absolute atomic E-state index is 0.0222. The summed E-state index contributed by atoms with van der Waals surface area (Å²) in [6.07, 6.45) is -3.19. The van der Waals surface area contributed by atoms with E-state index in [1.165, 1.54) is 23.0 Å². The number of alkyl halides is 3. The van der Waals surface area contributed by atoms with Crippen molar-refractivity contribution in [1.82, 2.24) is 9.78 Å². The van der Waals surface area contributed by atoms with Crippen LogP contribution in [0.3, 0.4) is 0 Å². The van der Waals surface area contributed by atoms with E-state index in [9.17, 15) is 28.1 Å². The first-order valence-electron chi connectivity index (χ1n) is 9.11. The molecule has 0 saturated carbocycles. The second-order valence-electron chi connectivity index (χ2n) is 6.79. The Hall–Kier alpha value is -3.60. The van der Waals surface area contributed by atoms with Gasteiger partial charge in [-0.05, 0) is 32.0 Å². The molecule has 3 rings (SSSR count). The van der Waals surface area contributed by atoms with Crippen LogP contribution in [0.2, 0.25) is 5.02 Å². The van der Waals surface area contributed by atoms with Crippen molar-refractivity contribution in [2.24, 2.45) is 0 Å². The summed E-state index contributed by atoms with van der Waals surface area (Å²) in [6, 6.07) is 6.68. The number of halogens is 4. The first kappa shape index (κ1) is 23.1. The molecule has 0 bridgehead atoms. The number of nitro groups is 1. The number of rotatable bonds is 6. The average molecular weight is 469 g/mol. The number of hydrogen-bond donors (Lipinski definition) is 1. The second kappa shape index (κ2) is 8.87. The van der Waals surface area contributed by atoms with E-state index < -0.39 is 34.3 Å². The minimum Gasteiger partial charge on any atom is -0.457 e. The molecule has 0 saturated heterocycles. The number of hydrogen-bond acceptors (Lipinski definition) is 5. The fraction of sp³-hybridized carbons (Fsp3) is 0.200. The van der Waals surface area contributed by atoms with Gasteiger partial charge in [-0.1, -0.05) is 17.7 Å². The van der Waals surface area contributed by atoms with Crippen molar-refractivity contribution < 1.29 is 27.6 Å². The van der Waals surface area contributed by atoms with Gasteiger partial charge in [-0.15, -0.1) is 0 Å². The van der Waals surface area contributed by atoms with E-state index in [1.807, 2.05) is 0 Å². The van der Waals surface area contributed by atoms with Gasteiger partial charge in [-0.3, -0.25) is 19.6 Å². The van der Waals surface area contributed by atoms with Crippen molar-refractivity contribution in [2.75, 3.05) is 5.32 Å². The Morgan fingerprint density at radius 1 is 1.25 bits per heavy atom. The number of nitro benzene ring substituents is 1.